The van der Waals surface area contributed by atoms with Crippen LogP contribution in [-0.4, -0.2) is 74.7 Å². The van der Waals surface area contributed by atoms with Crippen LogP contribution in [-0.2, 0) is 21.2 Å². The maximum Gasteiger partial charge on any atom is 0.253 e. The van der Waals surface area contributed by atoms with Gasteiger partial charge in [-0.05, 0) is 62.2 Å². The van der Waals surface area contributed by atoms with E-state index in [1.54, 1.807) is 7.11 Å². The minimum absolute atomic E-state index is 0.0406. The number of sulfonamides is 1. The van der Waals surface area contributed by atoms with Crippen molar-refractivity contribution in [2.75, 3.05) is 33.4 Å². The molecular formula is C24H33Cl2N3O6S. The van der Waals surface area contributed by atoms with Gasteiger partial charge >= 0.3 is 0 Å². The molecule has 1 aliphatic heterocycles. The molecule has 3 N–H and O–H groups in total. The molecule has 9 nitrogen and oxygen atoms in total. The zero-order valence-electron chi connectivity index (χ0n) is 20.5. The van der Waals surface area contributed by atoms with Gasteiger partial charge in [-0.1, -0.05) is 35.3 Å². The number of aliphatic hydroxyl groups excluding tert-OH is 1. The minimum Gasteiger partial charge on any atom is -0.497 e. The van der Waals surface area contributed by atoms with Crippen LogP contribution in [0.15, 0.2) is 53.4 Å². The lowest BCUT2D eigenvalue weighted by atomic mass is 9.94. The molecule has 1 heterocycles. The quantitative estimate of drug-likeness (QED) is 0.268. The van der Waals surface area contributed by atoms with Gasteiger partial charge in [-0.25, -0.2) is 13.4 Å². The second-order valence-corrected chi connectivity index (χ2v) is 11.6. The Hall–Kier alpha value is -1.63. The van der Waals surface area contributed by atoms with E-state index in [-0.39, 0.29) is 30.2 Å². The van der Waals surface area contributed by atoms with Gasteiger partial charge in [-0.2, -0.15) is 0 Å². The van der Waals surface area contributed by atoms with E-state index >= 15 is 0 Å². The smallest absolute Gasteiger partial charge is 0.253 e. The van der Waals surface area contributed by atoms with Crippen LogP contribution in [0.5, 0.6) is 11.5 Å². The Morgan fingerprint density at radius 1 is 1.14 bits per heavy atom. The number of alkyl halides is 2. The van der Waals surface area contributed by atoms with E-state index < -0.39 is 27.2 Å². The van der Waals surface area contributed by atoms with Crippen molar-refractivity contribution in [2.45, 2.75) is 47.9 Å². The molecule has 2 aromatic rings. The van der Waals surface area contributed by atoms with Gasteiger partial charge in [0.2, 0.25) is 0 Å². The third kappa shape index (κ3) is 8.46. The van der Waals surface area contributed by atoms with Gasteiger partial charge in [-0.15, -0.1) is 4.83 Å². The van der Waals surface area contributed by atoms with E-state index in [0.29, 0.717) is 12.3 Å². The summed E-state index contributed by atoms with van der Waals surface area (Å²) in [5.41, 5.74) is -0.756. The zero-order chi connectivity index (χ0) is 26.3. The summed E-state index contributed by atoms with van der Waals surface area (Å²) in [6, 6.07) is 13.8. The van der Waals surface area contributed by atoms with E-state index in [1.807, 2.05) is 24.3 Å². The zero-order valence-corrected chi connectivity index (χ0v) is 22.8. The summed E-state index contributed by atoms with van der Waals surface area (Å²) >= 11 is 12.1. The molecule has 200 valence electrons. The number of ether oxygens (including phenoxy) is 3. The minimum atomic E-state index is -3.86. The fourth-order valence-electron chi connectivity index (χ4n) is 3.59. The van der Waals surface area contributed by atoms with Crippen molar-refractivity contribution < 1.29 is 27.7 Å². The second kappa shape index (κ2) is 12.7. The fraction of sp³-hybridized carbons (Fsp3) is 0.500. The third-order valence-electron chi connectivity index (χ3n) is 5.56. The first-order chi connectivity index (χ1) is 17.0. The highest BCUT2D eigenvalue weighted by Crippen LogP contribution is 2.22. The van der Waals surface area contributed by atoms with Gasteiger partial charge in [0.1, 0.15) is 29.7 Å². The Morgan fingerprint density at radius 2 is 1.78 bits per heavy atom. The van der Waals surface area contributed by atoms with Gasteiger partial charge < -0.3 is 24.6 Å². The summed E-state index contributed by atoms with van der Waals surface area (Å²) in [4.78, 5) is 2.47. The van der Waals surface area contributed by atoms with E-state index in [4.69, 9.17) is 37.4 Å². The number of aliphatic hydroxyl groups is 1. The summed E-state index contributed by atoms with van der Waals surface area (Å²) in [5, 5.41) is 15.1. The van der Waals surface area contributed by atoms with Crippen molar-refractivity contribution in [1.29, 1.82) is 0 Å². The number of methoxy groups -OCH3 is 1. The highest BCUT2D eigenvalue weighted by molar-refractivity contribution is 7.89. The standard InChI is InChI=1S/C24H33Cl2N3O6S/c1-24(2,14-17-4-6-19(33-3)7-5-17)27-15-18(30)16-35-20-8-10-21(11-9-20)36(31,32)28-29-12-13-34-23(26)22(29)25/h4-11,18,22-23,27-28,30H,12-16H2,1-3H3/t18-,22?,23?/m1/s1. The molecule has 1 saturated heterocycles. The predicted molar refractivity (Wildman–Crippen MR) is 139 cm³/mol. The van der Waals surface area contributed by atoms with Crippen LogP contribution in [0.1, 0.15) is 19.4 Å². The number of benzene rings is 2. The molecule has 0 amide bonds. The molecule has 1 aliphatic rings. The first-order valence-electron chi connectivity index (χ1n) is 11.5. The molecule has 36 heavy (non-hydrogen) atoms. The maximum absolute atomic E-state index is 12.7. The number of nitrogens with zero attached hydrogens (tertiary/aromatic N) is 1. The third-order valence-corrected chi connectivity index (χ3v) is 7.88. The summed E-state index contributed by atoms with van der Waals surface area (Å²) in [7, 11) is -2.23. The van der Waals surface area contributed by atoms with Gasteiger partial charge in [-0.3, -0.25) is 0 Å². The molecule has 0 bridgehead atoms. The number of hydrogen-bond acceptors (Lipinski definition) is 8. The number of halogens is 2. The molecule has 0 saturated carbocycles. The van der Waals surface area contributed by atoms with Gasteiger partial charge in [0.15, 0.2) is 5.56 Å². The van der Waals surface area contributed by atoms with Crippen molar-refractivity contribution >= 4 is 33.2 Å². The molecule has 2 unspecified atom stereocenters. The summed E-state index contributed by atoms with van der Waals surface area (Å²) in [6.07, 6.45) is 0.0188. The lowest BCUT2D eigenvalue weighted by Crippen LogP contribution is -2.54. The normalized spacial score (nSPS) is 20.2. The Balaban J connectivity index is 1.45. The van der Waals surface area contributed by atoms with E-state index in [2.05, 4.69) is 24.0 Å². The average Bonchev–Trinajstić information content (AvgIpc) is 2.85. The molecule has 2 aromatic carbocycles. The van der Waals surface area contributed by atoms with Gasteiger partial charge in [0.25, 0.3) is 10.0 Å². The van der Waals surface area contributed by atoms with Crippen molar-refractivity contribution in [3.8, 4) is 11.5 Å². The van der Waals surface area contributed by atoms with Gasteiger partial charge in [0.05, 0.1) is 18.6 Å². The van der Waals surface area contributed by atoms with Crippen LogP contribution in [0.2, 0.25) is 0 Å². The molecule has 3 rings (SSSR count). The number of β-amino-alcohol motifs (C(OH)–C–C–N with tert-alkyl or cyclic N) is 1. The van der Waals surface area contributed by atoms with E-state index in [9.17, 15) is 13.5 Å². The summed E-state index contributed by atoms with van der Waals surface area (Å²) in [5.74, 6) is 1.25. The Labute approximate surface area is 222 Å². The molecule has 12 heteroatoms. The Kier molecular flexibility index (Phi) is 10.2. The van der Waals surface area contributed by atoms with Crippen molar-refractivity contribution in [2.24, 2.45) is 0 Å². The van der Waals surface area contributed by atoms with Crippen molar-refractivity contribution in [3.05, 3.63) is 54.1 Å². The highest BCUT2D eigenvalue weighted by atomic mass is 35.5. The lowest BCUT2D eigenvalue weighted by Gasteiger charge is -2.34. The van der Waals surface area contributed by atoms with Crippen LogP contribution in [0.4, 0.5) is 0 Å². The topological polar surface area (TPSA) is 109 Å². The van der Waals surface area contributed by atoms with Crippen LogP contribution >= 0.6 is 23.2 Å². The first-order valence-corrected chi connectivity index (χ1v) is 13.8. The molecule has 0 aromatic heterocycles. The fourth-order valence-corrected chi connectivity index (χ4v) is 5.20. The number of hydrogen-bond donors (Lipinski definition) is 3. The van der Waals surface area contributed by atoms with Gasteiger partial charge in [0, 0.05) is 18.6 Å². The number of rotatable bonds is 12. The van der Waals surface area contributed by atoms with Crippen LogP contribution in [0.25, 0.3) is 0 Å². The second-order valence-electron chi connectivity index (χ2n) is 9.11. The molecule has 0 aliphatic carbocycles. The lowest BCUT2D eigenvalue weighted by molar-refractivity contribution is -0.0118. The molecular weight excluding hydrogens is 529 g/mol. The largest absolute Gasteiger partial charge is 0.497 e. The average molecular weight is 563 g/mol. The van der Waals surface area contributed by atoms with Crippen molar-refractivity contribution in [1.82, 2.24) is 15.2 Å². The van der Waals surface area contributed by atoms with E-state index in [1.165, 1.54) is 29.3 Å². The Bertz CT molecular complexity index is 1070. The van der Waals surface area contributed by atoms with E-state index in [0.717, 1.165) is 17.7 Å². The molecule has 3 atom stereocenters. The molecule has 1 fully saturated rings. The summed E-state index contributed by atoms with van der Waals surface area (Å²) in [6.45, 7) is 5.03. The monoisotopic (exact) mass is 561 g/mol. The molecule has 0 spiro atoms. The number of nitrogens with one attached hydrogen (secondary N) is 2. The SMILES string of the molecule is COc1ccc(CC(C)(C)NC[C@@H](O)COc2ccc(S(=O)(=O)NN3CCOC(Cl)C3Cl)cc2)cc1. The Morgan fingerprint density at radius 3 is 2.42 bits per heavy atom. The van der Waals surface area contributed by atoms with Crippen LogP contribution in [0, 0.1) is 0 Å². The summed E-state index contributed by atoms with van der Waals surface area (Å²) < 4.78 is 41.4. The molecule has 0 radical (unpaired) electrons. The number of hydrazine groups is 1. The van der Waals surface area contributed by atoms with Crippen molar-refractivity contribution in [3.63, 3.8) is 0 Å². The first kappa shape index (κ1) is 28.9. The predicted octanol–water partition coefficient (Wildman–Crippen LogP) is 2.70. The van der Waals surface area contributed by atoms with Crippen LogP contribution < -0.4 is 19.6 Å². The number of morpholine rings is 1. The maximum atomic E-state index is 12.7. The highest BCUT2D eigenvalue weighted by Gasteiger charge is 2.32. The van der Waals surface area contributed by atoms with Crippen LogP contribution in [0.3, 0.4) is 0 Å².